The fourth-order valence-corrected chi connectivity index (χ4v) is 2.33. The van der Waals surface area contributed by atoms with Gasteiger partial charge in [0.05, 0.1) is 5.57 Å². The van der Waals surface area contributed by atoms with E-state index in [1.807, 2.05) is 24.3 Å². The first-order chi connectivity index (χ1) is 8.33. The zero-order chi connectivity index (χ0) is 12.1. The molecule has 1 aromatic rings. The summed E-state index contributed by atoms with van der Waals surface area (Å²) in [6.07, 6.45) is 4.47. The maximum atomic E-state index is 9.34. The Morgan fingerprint density at radius 1 is 1.24 bits per heavy atom. The van der Waals surface area contributed by atoms with E-state index in [2.05, 4.69) is 11.4 Å². The Hall–Kier alpha value is -1.46. The van der Waals surface area contributed by atoms with Gasteiger partial charge in [0, 0.05) is 22.8 Å². The average molecular weight is 247 g/mol. The molecule has 0 aromatic heterocycles. The second-order valence-electron chi connectivity index (χ2n) is 4.18. The standard InChI is InChI=1S/C14H15ClN2/c15-13-7-4-3-6-11(13)12(10-16)14-8-2-1-5-9-17-14/h3-4,6-7,17H,1-2,5,8-9H2/b14-12+. The Labute approximate surface area is 107 Å². The number of nitriles is 1. The number of nitrogens with zero attached hydrogens (tertiary/aromatic N) is 1. The molecule has 88 valence electrons. The Morgan fingerprint density at radius 3 is 2.82 bits per heavy atom. The van der Waals surface area contributed by atoms with Crippen molar-refractivity contribution in [2.24, 2.45) is 0 Å². The molecule has 0 bridgehead atoms. The molecule has 1 fully saturated rings. The van der Waals surface area contributed by atoms with Crippen LogP contribution in [0.15, 0.2) is 30.0 Å². The van der Waals surface area contributed by atoms with Gasteiger partial charge in [0.2, 0.25) is 0 Å². The summed E-state index contributed by atoms with van der Waals surface area (Å²) in [4.78, 5) is 0. The van der Waals surface area contributed by atoms with E-state index in [0.717, 1.165) is 30.6 Å². The lowest BCUT2D eigenvalue weighted by Crippen LogP contribution is -2.13. The molecule has 1 aliphatic rings. The van der Waals surface area contributed by atoms with E-state index in [4.69, 9.17) is 11.6 Å². The first kappa shape index (κ1) is 12.0. The Bertz CT molecular complexity index is 461. The highest BCUT2D eigenvalue weighted by atomic mass is 35.5. The van der Waals surface area contributed by atoms with E-state index in [1.165, 1.54) is 12.8 Å². The number of allylic oxidation sites excluding steroid dienone is 2. The molecule has 2 rings (SSSR count). The average Bonchev–Trinajstić information content (AvgIpc) is 2.62. The fourth-order valence-electron chi connectivity index (χ4n) is 2.10. The zero-order valence-corrected chi connectivity index (χ0v) is 10.4. The van der Waals surface area contributed by atoms with Crippen LogP contribution < -0.4 is 5.32 Å². The van der Waals surface area contributed by atoms with Crippen LogP contribution in [0.3, 0.4) is 0 Å². The smallest absolute Gasteiger partial charge is 0.102 e. The summed E-state index contributed by atoms with van der Waals surface area (Å²) in [7, 11) is 0. The van der Waals surface area contributed by atoms with Gasteiger partial charge in [-0.2, -0.15) is 5.26 Å². The molecule has 1 aromatic carbocycles. The molecule has 0 amide bonds. The predicted octanol–water partition coefficient (Wildman–Crippen LogP) is 3.74. The van der Waals surface area contributed by atoms with Crippen LogP contribution in [-0.2, 0) is 0 Å². The minimum absolute atomic E-state index is 0.641. The summed E-state index contributed by atoms with van der Waals surface area (Å²) < 4.78 is 0. The van der Waals surface area contributed by atoms with E-state index in [1.54, 1.807) is 0 Å². The van der Waals surface area contributed by atoms with Gasteiger partial charge < -0.3 is 5.32 Å². The van der Waals surface area contributed by atoms with Crippen molar-refractivity contribution in [3.8, 4) is 6.07 Å². The normalized spacial score (nSPS) is 18.8. The molecule has 0 unspecified atom stereocenters. The van der Waals surface area contributed by atoms with Gasteiger partial charge in [0.15, 0.2) is 0 Å². The van der Waals surface area contributed by atoms with Crippen LogP contribution in [0.5, 0.6) is 0 Å². The van der Waals surface area contributed by atoms with E-state index >= 15 is 0 Å². The van der Waals surface area contributed by atoms with Crippen molar-refractivity contribution in [2.45, 2.75) is 25.7 Å². The molecule has 0 spiro atoms. The van der Waals surface area contributed by atoms with Crippen molar-refractivity contribution in [1.82, 2.24) is 5.32 Å². The lowest BCUT2D eigenvalue weighted by Gasteiger charge is -2.11. The maximum absolute atomic E-state index is 9.34. The summed E-state index contributed by atoms with van der Waals surface area (Å²) in [5.74, 6) is 0. The van der Waals surface area contributed by atoms with Crippen molar-refractivity contribution >= 4 is 17.2 Å². The van der Waals surface area contributed by atoms with E-state index in [-0.39, 0.29) is 0 Å². The Morgan fingerprint density at radius 2 is 2.06 bits per heavy atom. The third-order valence-corrected chi connectivity index (χ3v) is 3.33. The van der Waals surface area contributed by atoms with Crippen LogP contribution in [0.1, 0.15) is 31.2 Å². The highest BCUT2D eigenvalue weighted by Gasteiger charge is 2.13. The minimum Gasteiger partial charge on any atom is -0.387 e. The quantitative estimate of drug-likeness (QED) is 0.767. The van der Waals surface area contributed by atoms with Gasteiger partial charge in [-0.1, -0.05) is 36.2 Å². The molecule has 1 heterocycles. The molecule has 1 aliphatic heterocycles. The Balaban J connectivity index is 2.42. The van der Waals surface area contributed by atoms with Gasteiger partial charge in [-0.15, -0.1) is 0 Å². The van der Waals surface area contributed by atoms with Crippen LogP contribution in [0, 0.1) is 11.3 Å². The summed E-state index contributed by atoms with van der Waals surface area (Å²) in [5, 5.41) is 13.3. The van der Waals surface area contributed by atoms with Crippen LogP contribution in [-0.4, -0.2) is 6.54 Å². The lowest BCUT2D eigenvalue weighted by atomic mass is 10.0. The monoisotopic (exact) mass is 246 g/mol. The number of rotatable bonds is 1. The van der Waals surface area contributed by atoms with Crippen LogP contribution in [0.4, 0.5) is 0 Å². The Kier molecular flexibility index (Phi) is 4.06. The molecule has 2 nitrogen and oxygen atoms in total. The summed E-state index contributed by atoms with van der Waals surface area (Å²) >= 11 is 6.14. The van der Waals surface area contributed by atoms with Gasteiger partial charge in [0.1, 0.15) is 6.07 Å². The summed E-state index contributed by atoms with van der Waals surface area (Å²) in [5.41, 5.74) is 2.57. The second-order valence-corrected chi connectivity index (χ2v) is 4.59. The topological polar surface area (TPSA) is 35.8 Å². The fraction of sp³-hybridized carbons (Fsp3) is 0.357. The largest absolute Gasteiger partial charge is 0.387 e. The van der Waals surface area contributed by atoms with E-state index in [0.29, 0.717) is 10.6 Å². The van der Waals surface area contributed by atoms with Crippen molar-refractivity contribution in [2.75, 3.05) is 6.54 Å². The van der Waals surface area contributed by atoms with Crippen LogP contribution >= 0.6 is 11.6 Å². The summed E-state index contributed by atoms with van der Waals surface area (Å²) in [6, 6.07) is 9.81. The highest BCUT2D eigenvalue weighted by molar-refractivity contribution is 6.32. The molecular formula is C14H15ClN2. The molecule has 1 saturated heterocycles. The molecular weight excluding hydrogens is 232 g/mol. The predicted molar refractivity (Wildman–Crippen MR) is 70.5 cm³/mol. The first-order valence-electron chi connectivity index (χ1n) is 5.95. The number of hydrogen-bond acceptors (Lipinski definition) is 2. The molecule has 0 saturated carbocycles. The van der Waals surface area contributed by atoms with Crippen molar-refractivity contribution in [1.29, 1.82) is 5.26 Å². The van der Waals surface area contributed by atoms with Crippen molar-refractivity contribution in [3.63, 3.8) is 0 Å². The van der Waals surface area contributed by atoms with Crippen LogP contribution in [0.2, 0.25) is 5.02 Å². The van der Waals surface area contributed by atoms with Gasteiger partial charge in [-0.05, 0) is 25.3 Å². The molecule has 0 atom stereocenters. The van der Waals surface area contributed by atoms with E-state index < -0.39 is 0 Å². The molecule has 17 heavy (non-hydrogen) atoms. The van der Waals surface area contributed by atoms with Gasteiger partial charge >= 0.3 is 0 Å². The van der Waals surface area contributed by atoms with Crippen molar-refractivity contribution in [3.05, 3.63) is 40.5 Å². The third-order valence-electron chi connectivity index (χ3n) is 3.00. The molecule has 0 aliphatic carbocycles. The van der Waals surface area contributed by atoms with Gasteiger partial charge in [-0.3, -0.25) is 0 Å². The number of benzene rings is 1. The molecule has 0 radical (unpaired) electrons. The summed E-state index contributed by atoms with van der Waals surface area (Å²) in [6.45, 7) is 0.949. The van der Waals surface area contributed by atoms with Gasteiger partial charge in [-0.25, -0.2) is 0 Å². The third kappa shape index (κ3) is 2.81. The molecule has 3 heteroatoms. The molecule has 1 N–H and O–H groups in total. The SMILES string of the molecule is N#C/C(=C1/CCCCCN1)c1ccccc1Cl. The zero-order valence-electron chi connectivity index (χ0n) is 9.67. The van der Waals surface area contributed by atoms with E-state index in [9.17, 15) is 5.26 Å². The highest BCUT2D eigenvalue weighted by Crippen LogP contribution is 2.27. The number of hydrogen-bond donors (Lipinski definition) is 1. The maximum Gasteiger partial charge on any atom is 0.102 e. The number of nitrogens with one attached hydrogen (secondary N) is 1. The van der Waals surface area contributed by atoms with Gasteiger partial charge in [0.25, 0.3) is 0 Å². The van der Waals surface area contributed by atoms with Crippen LogP contribution in [0.25, 0.3) is 5.57 Å². The lowest BCUT2D eigenvalue weighted by molar-refractivity contribution is 0.721. The minimum atomic E-state index is 0.641. The number of halogens is 1. The second kappa shape index (κ2) is 5.75. The first-order valence-corrected chi connectivity index (χ1v) is 6.33. The van der Waals surface area contributed by atoms with Crippen molar-refractivity contribution < 1.29 is 0 Å².